The number of nitrogens with zero attached hydrogens (tertiary/aromatic N) is 2. The van der Waals surface area contributed by atoms with E-state index in [1.165, 1.54) is 12.8 Å². The van der Waals surface area contributed by atoms with Gasteiger partial charge in [-0.1, -0.05) is 12.8 Å². The van der Waals surface area contributed by atoms with Crippen LogP contribution in [0.2, 0.25) is 0 Å². The van der Waals surface area contributed by atoms with Gasteiger partial charge in [0.1, 0.15) is 0 Å². The highest BCUT2D eigenvalue weighted by Gasteiger charge is 2.25. The van der Waals surface area contributed by atoms with Crippen LogP contribution in [0, 0.1) is 0 Å². The first-order chi connectivity index (χ1) is 12.2. The summed E-state index contributed by atoms with van der Waals surface area (Å²) in [4.78, 5) is 30.1. The van der Waals surface area contributed by atoms with E-state index in [2.05, 4.69) is 10.3 Å². The molecule has 1 saturated carbocycles. The number of aromatic amines is 1. The molecule has 142 valence electrons. The number of nitrogens with one attached hydrogen (secondary N) is 2. The van der Waals surface area contributed by atoms with Gasteiger partial charge >= 0.3 is 5.69 Å². The van der Waals surface area contributed by atoms with Crippen LogP contribution in [0.1, 0.15) is 54.9 Å². The van der Waals surface area contributed by atoms with Crippen molar-refractivity contribution < 1.29 is 4.79 Å². The lowest BCUT2D eigenvalue weighted by Crippen LogP contribution is -2.46. The van der Waals surface area contributed by atoms with Crippen LogP contribution in [0.4, 0.5) is 0 Å². The van der Waals surface area contributed by atoms with Gasteiger partial charge in [-0.25, -0.2) is 4.79 Å². The highest BCUT2D eigenvalue weighted by Crippen LogP contribution is 2.30. The third kappa shape index (κ3) is 3.40. The number of benzene rings is 1. The van der Waals surface area contributed by atoms with E-state index in [0.29, 0.717) is 17.6 Å². The van der Waals surface area contributed by atoms with Crippen LogP contribution >= 0.6 is 12.4 Å². The standard InChI is InChI=1S/C19H26N4O2.ClH/c1-20-14-5-4-10-22(12-14)18(24)13-8-9-17-16(11-13)21-19(25)23(17)15-6-2-3-7-15;/h8-9,11,14-15,20H,2-7,10,12H2,1H3,(H,21,25);1H. The van der Waals surface area contributed by atoms with E-state index in [0.717, 1.165) is 49.8 Å². The Labute approximate surface area is 159 Å². The number of carbonyl (C=O) groups is 1. The topological polar surface area (TPSA) is 70.1 Å². The van der Waals surface area contributed by atoms with Gasteiger partial charge in [-0.2, -0.15) is 0 Å². The number of rotatable bonds is 3. The van der Waals surface area contributed by atoms with E-state index in [1.54, 1.807) is 0 Å². The van der Waals surface area contributed by atoms with Crippen molar-refractivity contribution in [3.63, 3.8) is 0 Å². The van der Waals surface area contributed by atoms with Gasteiger partial charge in [0.2, 0.25) is 0 Å². The number of hydrogen-bond acceptors (Lipinski definition) is 3. The van der Waals surface area contributed by atoms with Gasteiger partial charge in [0.05, 0.1) is 11.0 Å². The maximum absolute atomic E-state index is 12.9. The van der Waals surface area contributed by atoms with E-state index in [-0.39, 0.29) is 24.0 Å². The van der Waals surface area contributed by atoms with E-state index in [1.807, 2.05) is 34.7 Å². The molecule has 6 nitrogen and oxygen atoms in total. The molecule has 1 saturated heterocycles. The maximum Gasteiger partial charge on any atom is 0.326 e. The predicted octanol–water partition coefficient (Wildman–Crippen LogP) is 2.69. The van der Waals surface area contributed by atoms with Crippen molar-refractivity contribution in [2.45, 2.75) is 50.6 Å². The summed E-state index contributed by atoms with van der Waals surface area (Å²) in [6.07, 6.45) is 6.62. The second kappa shape index (κ2) is 7.84. The van der Waals surface area contributed by atoms with Crippen LogP contribution < -0.4 is 11.0 Å². The molecule has 4 rings (SSSR count). The van der Waals surface area contributed by atoms with Crippen molar-refractivity contribution in [2.24, 2.45) is 0 Å². The minimum absolute atomic E-state index is 0. The van der Waals surface area contributed by atoms with Gasteiger partial charge in [-0.05, 0) is 50.9 Å². The van der Waals surface area contributed by atoms with E-state index >= 15 is 0 Å². The second-order valence-corrected chi connectivity index (χ2v) is 7.35. The molecule has 1 aliphatic heterocycles. The number of likely N-dealkylation sites (N-methyl/N-ethyl adjacent to an activating group) is 1. The molecule has 2 aliphatic rings. The van der Waals surface area contributed by atoms with Crippen molar-refractivity contribution in [2.75, 3.05) is 20.1 Å². The average Bonchev–Trinajstić information content (AvgIpc) is 3.26. The normalized spacial score (nSPS) is 21.1. The minimum Gasteiger partial charge on any atom is -0.337 e. The molecule has 0 bridgehead atoms. The van der Waals surface area contributed by atoms with Crippen molar-refractivity contribution >= 4 is 29.3 Å². The Kier molecular flexibility index (Phi) is 5.73. The van der Waals surface area contributed by atoms with E-state index in [4.69, 9.17) is 0 Å². The Bertz CT molecular complexity index is 838. The zero-order chi connectivity index (χ0) is 17.4. The number of piperidine rings is 1. The molecule has 0 spiro atoms. The van der Waals surface area contributed by atoms with Gasteiger partial charge < -0.3 is 15.2 Å². The van der Waals surface area contributed by atoms with Crippen molar-refractivity contribution in [3.05, 3.63) is 34.2 Å². The molecule has 1 aliphatic carbocycles. The number of aromatic nitrogens is 2. The fourth-order valence-electron chi connectivity index (χ4n) is 4.37. The molecule has 2 N–H and O–H groups in total. The monoisotopic (exact) mass is 378 g/mol. The lowest BCUT2D eigenvalue weighted by Gasteiger charge is -2.32. The number of fused-ring (bicyclic) bond motifs is 1. The molecule has 26 heavy (non-hydrogen) atoms. The second-order valence-electron chi connectivity index (χ2n) is 7.35. The van der Waals surface area contributed by atoms with Gasteiger partial charge in [0.15, 0.2) is 0 Å². The molecule has 1 aromatic carbocycles. The quantitative estimate of drug-likeness (QED) is 0.862. The number of halogens is 1. The molecule has 1 aromatic heterocycles. The number of H-pyrrole nitrogens is 1. The van der Waals surface area contributed by atoms with Crippen LogP contribution in [0.5, 0.6) is 0 Å². The number of amides is 1. The number of carbonyl (C=O) groups excluding carboxylic acids is 1. The van der Waals surface area contributed by atoms with Crippen LogP contribution in [-0.4, -0.2) is 46.5 Å². The Hall–Kier alpha value is -1.79. The van der Waals surface area contributed by atoms with E-state index < -0.39 is 0 Å². The largest absolute Gasteiger partial charge is 0.337 e. The van der Waals surface area contributed by atoms with E-state index in [9.17, 15) is 9.59 Å². The summed E-state index contributed by atoms with van der Waals surface area (Å²) in [7, 11) is 1.95. The van der Waals surface area contributed by atoms with Gasteiger partial charge in [-0.3, -0.25) is 9.36 Å². The van der Waals surface area contributed by atoms with Gasteiger partial charge in [0.25, 0.3) is 5.91 Å². The molecule has 2 heterocycles. The molecule has 1 unspecified atom stereocenters. The molecular weight excluding hydrogens is 352 g/mol. The van der Waals surface area contributed by atoms with Crippen molar-refractivity contribution in [3.8, 4) is 0 Å². The SMILES string of the molecule is CNC1CCCN(C(=O)c2ccc3c(c2)[nH]c(=O)n3C2CCCC2)C1.Cl. The number of likely N-dealkylation sites (tertiary alicyclic amines) is 1. The third-order valence-electron chi connectivity index (χ3n) is 5.77. The van der Waals surface area contributed by atoms with Gasteiger partial charge in [0, 0.05) is 30.7 Å². The molecule has 1 amide bonds. The fraction of sp³-hybridized carbons (Fsp3) is 0.579. The van der Waals surface area contributed by atoms with Gasteiger partial charge in [-0.15, -0.1) is 12.4 Å². The van der Waals surface area contributed by atoms with Crippen LogP contribution in [0.3, 0.4) is 0 Å². The van der Waals surface area contributed by atoms with Crippen LogP contribution in [0.15, 0.2) is 23.0 Å². The average molecular weight is 379 g/mol. The van der Waals surface area contributed by atoms with Crippen LogP contribution in [-0.2, 0) is 0 Å². The first-order valence-corrected chi connectivity index (χ1v) is 9.38. The summed E-state index contributed by atoms with van der Waals surface area (Å²) in [6.45, 7) is 1.54. The predicted molar refractivity (Wildman–Crippen MR) is 105 cm³/mol. The third-order valence-corrected chi connectivity index (χ3v) is 5.77. The van der Waals surface area contributed by atoms with Crippen LogP contribution in [0.25, 0.3) is 11.0 Å². The molecule has 0 radical (unpaired) electrons. The fourth-order valence-corrected chi connectivity index (χ4v) is 4.37. The lowest BCUT2D eigenvalue weighted by molar-refractivity contribution is 0.0698. The summed E-state index contributed by atoms with van der Waals surface area (Å²) in [5, 5.41) is 3.27. The zero-order valence-electron chi connectivity index (χ0n) is 15.2. The lowest BCUT2D eigenvalue weighted by atomic mass is 10.0. The molecule has 7 heteroatoms. The minimum atomic E-state index is -0.0558. The molecule has 1 atom stereocenters. The zero-order valence-corrected chi connectivity index (χ0v) is 16.0. The van der Waals surface area contributed by atoms with Crippen molar-refractivity contribution in [1.82, 2.24) is 19.8 Å². The highest BCUT2D eigenvalue weighted by molar-refractivity contribution is 5.97. The Morgan fingerprint density at radius 1 is 1.19 bits per heavy atom. The summed E-state index contributed by atoms with van der Waals surface area (Å²) in [6, 6.07) is 6.30. The number of imidazole rings is 1. The number of hydrogen-bond donors (Lipinski definition) is 2. The Morgan fingerprint density at radius 3 is 2.69 bits per heavy atom. The first kappa shape index (κ1) is 19.0. The molecule has 2 aromatic rings. The Balaban J connectivity index is 0.00000196. The smallest absolute Gasteiger partial charge is 0.326 e. The first-order valence-electron chi connectivity index (χ1n) is 9.38. The summed E-state index contributed by atoms with van der Waals surface area (Å²) < 4.78 is 1.88. The molecule has 2 fully saturated rings. The maximum atomic E-state index is 12.9. The summed E-state index contributed by atoms with van der Waals surface area (Å²) in [5.74, 6) is 0.0521. The van der Waals surface area contributed by atoms with Crippen molar-refractivity contribution in [1.29, 1.82) is 0 Å². The highest BCUT2D eigenvalue weighted by atomic mass is 35.5. The summed E-state index contributed by atoms with van der Waals surface area (Å²) in [5.41, 5.74) is 2.29. The Morgan fingerprint density at radius 2 is 1.96 bits per heavy atom. The molecular formula is C19H27ClN4O2. The summed E-state index contributed by atoms with van der Waals surface area (Å²) >= 11 is 0.